The molecule has 1 fully saturated rings. The van der Waals surface area contributed by atoms with Gasteiger partial charge in [0.1, 0.15) is 0 Å². The Morgan fingerprint density at radius 2 is 1.35 bits per heavy atom. The van der Waals surface area contributed by atoms with E-state index >= 15 is 0 Å². The molecular weight excluding hydrogens is 380 g/mol. The highest BCUT2D eigenvalue weighted by atomic mass is 16.2. The first-order valence-corrected chi connectivity index (χ1v) is 11.3. The van der Waals surface area contributed by atoms with Gasteiger partial charge in [-0.2, -0.15) is 0 Å². The predicted molar refractivity (Wildman–Crippen MR) is 125 cm³/mol. The molecule has 3 aromatic carbocycles. The Balaban J connectivity index is 1.58. The smallest absolute Gasteiger partial charge is 0.267 e. The van der Waals surface area contributed by atoms with E-state index in [1.165, 1.54) is 42.4 Å². The van der Waals surface area contributed by atoms with Crippen LogP contribution < -0.4 is 0 Å². The van der Waals surface area contributed by atoms with E-state index in [2.05, 4.69) is 65.8 Å². The summed E-state index contributed by atoms with van der Waals surface area (Å²) in [6, 6.07) is 30.9. The van der Waals surface area contributed by atoms with Gasteiger partial charge in [0, 0.05) is 18.3 Å². The average molecular weight is 409 g/mol. The van der Waals surface area contributed by atoms with Gasteiger partial charge in [-0.25, -0.2) is 10.0 Å². The molecule has 2 aliphatic rings. The third-order valence-corrected chi connectivity index (χ3v) is 6.55. The highest BCUT2D eigenvalue weighted by Gasteiger charge is 2.42. The molecule has 156 valence electrons. The SMILES string of the molecule is O=C(c1ccccc1)N1C=C(c2ccccc2)[C@@H](C2CCCC2)N1Cc1ccccc1. The number of rotatable bonds is 5. The van der Waals surface area contributed by atoms with E-state index in [9.17, 15) is 4.79 Å². The van der Waals surface area contributed by atoms with Gasteiger partial charge in [0.25, 0.3) is 5.91 Å². The summed E-state index contributed by atoms with van der Waals surface area (Å²) < 4.78 is 0. The zero-order valence-electron chi connectivity index (χ0n) is 17.7. The van der Waals surface area contributed by atoms with Crippen molar-refractivity contribution < 1.29 is 4.79 Å². The summed E-state index contributed by atoms with van der Waals surface area (Å²) in [5.74, 6) is 0.592. The average Bonchev–Trinajstić information content (AvgIpc) is 3.49. The number of hydrazine groups is 1. The number of carbonyl (C=O) groups is 1. The molecule has 1 amide bonds. The molecule has 1 aliphatic heterocycles. The number of nitrogens with zero attached hydrogens (tertiary/aromatic N) is 2. The van der Waals surface area contributed by atoms with Gasteiger partial charge in [0.15, 0.2) is 0 Å². The maximum Gasteiger partial charge on any atom is 0.272 e. The van der Waals surface area contributed by atoms with Crippen LogP contribution in [0.5, 0.6) is 0 Å². The molecule has 0 aromatic heterocycles. The largest absolute Gasteiger partial charge is 0.272 e. The minimum Gasteiger partial charge on any atom is -0.267 e. The van der Waals surface area contributed by atoms with Gasteiger partial charge >= 0.3 is 0 Å². The second kappa shape index (κ2) is 8.91. The molecule has 3 nitrogen and oxygen atoms in total. The van der Waals surface area contributed by atoms with Crippen molar-refractivity contribution in [3.63, 3.8) is 0 Å². The van der Waals surface area contributed by atoms with Crippen molar-refractivity contribution >= 4 is 11.5 Å². The minimum atomic E-state index is 0.0328. The van der Waals surface area contributed by atoms with E-state index in [-0.39, 0.29) is 11.9 Å². The normalized spacial score (nSPS) is 19.5. The Kier molecular flexibility index (Phi) is 5.68. The molecule has 3 heteroatoms. The van der Waals surface area contributed by atoms with Crippen LogP contribution in [0.3, 0.4) is 0 Å². The maximum absolute atomic E-state index is 13.6. The third-order valence-electron chi connectivity index (χ3n) is 6.55. The first-order chi connectivity index (χ1) is 15.3. The number of hydrogen-bond donors (Lipinski definition) is 0. The molecule has 1 heterocycles. The van der Waals surface area contributed by atoms with Crippen LogP contribution in [-0.2, 0) is 6.54 Å². The number of benzene rings is 3. The monoisotopic (exact) mass is 408 g/mol. The van der Waals surface area contributed by atoms with Crippen molar-refractivity contribution in [2.45, 2.75) is 38.3 Å². The topological polar surface area (TPSA) is 23.6 Å². The fraction of sp³-hybridized carbons (Fsp3) is 0.250. The van der Waals surface area contributed by atoms with Crippen LogP contribution in [0, 0.1) is 5.92 Å². The molecule has 0 N–H and O–H groups in total. The maximum atomic E-state index is 13.6. The van der Waals surface area contributed by atoms with Gasteiger partial charge in [-0.05, 0) is 47.6 Å². The molecule has 0 unspecified atom stereocenters. The second-order valence-electron chi connectivity index (χ2n) is 8.54. The predicted octanol–water partition coefficient (Wildman–Crippen LogP) is 6.16. The van der Waals surface area contributed by atoms with E-state index < -0.39 is 0 Å². The van der Waals surface area contributed by atoms with Crippen molar-refractivity contribution in [1.82, 2.24) is 10.0 Å². The Morgan fingerprint density at radius 1 is 0.774 bits per heavy atom. The molecule has 0 radical (unpaired) electrons. The van der Waals surface area contributed by atoms with Crippen LogP contribution in [0.2, 0.25) is 0 Å². The lowest BCUT2D eigenvalue weighted by Gasteiger charge is -2.36. The zero-order chi connectivity index (χ0) is 21.0. The van der Waals surface area contributed by atoms with Crippen molar-refractivity contribution in [3.8, 4) is 0 Å². The molecule has 1 saturated carbocycles. The fourth-order valence-corrected chi connectivity index (χ4v) is 5.06. The van der Waals surface area contributed by atoms with Crippen molar-refractivity contribution in [2.75, 3.05) is 0 Å². The number of amides is 1. The highest BCUT2D eigenvalue weighted by Crippen LogP contribution is 2.42. The molecule has 3 aromatic rings. The lowest BCUT2D eigenvalue weighted by Crippen LogP contribution is -2.46. The minimum absolute atomic E-state index is 0.0328. The Bertz CT molecular complexity index is 1040. The van der Waals surface area contributed by atoms with Crippen molar-refractivity contribution in [1.29, 1.82) is 0 Å². The third kappa shape index (κ3) is 4.06. The Morgan fingerprint density at radius 3 is 2.00 bits per heavy atom. The van der Waals surface area contributed by atoms with Crippen LogP contribution in [0.25, 0.3) is 5.57 Å². The standard InChI is InChI=1S/C28H28N2O/c31-28(25-18-8-3-9-19-25)30-21-26(23-14-6-2-7-15-23)27(24-16-10-11-17-24)29(30)20-22-12-4-1-5-13-22/h1-9,12-15,18-19,21,24,27H,10-11,16-17,20H2/t27-/m1/s1. The molecular formula is C28H28N2O. The van der Waals surface area contributed by atoms with Gasteiger partial charge in [-0.3, -0.25) is 4.79 Å². The van der Waals surface area contributed by atoms with Gasteiger partial charge < -0.3 is 0 Å². The molecule has 31 heavy (non-hydrogen) atoms. The Hall–Kier alpha value is -3.17. The second-order valence-corrected chi connectivity index (χ2v) is 8.54. The first kappa shape index (κ1) is 19.8. The lowest BCUT2D eigenvalue weighted by atomic mass is 9.88. The van der Waals surface area contributed by atoms with Gasteiger partial charge in [0.2, 0.25) is 0 Å². The van der Waals surface area contributed by atoms with Gasteiger partial charge in [-0.1, -0.05) is 91.7 Å². The molecule has 0 spiro atoms. The van der Waals surface area contributed by atoms with Crippen LogP contribution >= 0.6 is 0 Å². The first-order valence-electron chi connectivity index (χ1n) is 11.3. The van der Waals surface area contributed by atoms with Crippen LogP contribution in [0.15, 0.2) is 97.2 Å². The van der Waals surface area contributed by atoms with E-state index in [1.807, 2.05) is 41.4 Å². The van der Waals surface area contributed by atoms with Crippen LogP contribution in [0.1, 0.15) is 47.2 Å². The summed E-state index contributed by atoms with van der Waals surface area (Å²) in [5, 5.41) is 4.19. The van der Waals surface area contributed by atoms with Crippen molar-refractivity contribution in [2.24, 2.45) is 5.92 Å². The molecule has 1 atom stereocenters. The van der Waals surface area contributed by atoms with E-state index in [4.69, 9.17) is 0 Å². The van der Waals surface area contributed by atoms with Gasteiger partial charge in [0.05, 0.1) is 6.04 Å². The summed E-state index contributed by atoms with van der Waals surface area (Å²) in [6.07, 6.45) is 7.07. The number of hydrogen-bond acceptors (Lipinski definition) is 2. The van der Waals surface area contributed by atoms with Gasteiger partial charge in [-0.15, -0.1) is 0 Å². The molecule has 5 rings (SSSR count). The molecule has 1 aliphatic carbocycles. The molecule has 0 saturated heterocycles. The molecule has 0 bridgehead atoms. The van der Waals surface area contributed by atoms with E-state index in [0.29, 0.717) is 12.5 Å². The Labute approximate surface area is 184 Å². The van der Waals surface area contributed by atoms with Crippen LogP contribution in [-0.4, -0.2) is 22.0 Å². The van der Waals surface area contributed by atoms with Crippen LogP contribution in [0.4, 0.5) is 0 Å². The number of carbonyl (C=O) groups excluding carboxylic acids is 1. The zero-order valence-corrected chi connectivity index (χ0v) is 17.7. The summed E-state index contributed by atoms with van der Waals surface area (Å²) in [6.45, 7) is 0.716. The van der Waals surface area contributed by atoms with E-state index in [0.717, 1.165) is 5.56 Å². The summed E-state index contributed by atoms with van der Waals surface area (Å²) >= 11 is 0. The summed E-state index contributed by atoms with van der Waals surface area (Å²) in [7, 11) is 0. The lowest BCUT2D eigenvalue weighted by molar-refractivity contribution is -0.00110. The summed E-state index contributed by atoms with van der Waals surface area (Å²) in [5.41, 5.74) is 4.41. The van der Waals surface area contributed by atoms with Crippen molar-refractivity contribution in [3.05, 3.63) is 114 Å². The fourth-order valence-electron chi connectivity index (χ4n) is 5.06. The highest BCUT2D eigenvalue weighted by molar-refractivity contribution is 5.96. The quantitative estimate of drug-likeness (QED) is 0.505. The van der Waals surface area contributed by atoms with E-state index in [1.54, 1.807) is 0 Å². The summed E-state index contributed by atoms with van der Waals surface area (Å²) in [4.78, 5) is 13.6.